The van der Waals surface area contributed by atoms with E-state index in [1.54, 1.807) is 33.3 Å². The van der Waals surface area contributed by atoms with Crippen molar-refractivity contribution < 1.29 is 121 Å². The average Bonchev–Trinajstić information content (AvgIpc) is 4.51. The lowest BCUT2D eigenvalue weighted by Crippen LogP contribution is -2.18. The maximum Gasteiger partial charge on any atom is 0.354 e. The van der Waals surface area contributed by atoms with Crippen LogP contribution in [0.3, 0.4) is 0 Å². The summed E-state index contributed by atoms with van der Waals surface area (Å²) in [5.74, 6) is -3.54. The molecule has 4 heterocycles. The highest BCUT2D eigenvalue weighted by atomic mass is 20.0. The second-order valence-corrected chi connectivity index (χ2v) is 16.8. The molecule has 4 aromatic carbocycles. The van der Waals surface area contributed by atoms with Crippen LogP contribution in [-0.4, -0.2) is 69.7 Å². The van der Waals surface area contributed by atoms with Crippen molar-refractivity contribution in [1.29, 1.82) is 0 Å². The molecule has 84 heavy (non-hydrogen) atoms. The van der Waals surface area contributed by atoms with E-state index in [1.807, 2.05) is 74.5 Å². The fourth-order valence-corrected chi connectivity index (χ4v) is 8.64. The van der Waals surface area contributed by atoms with Crippen LogP contribution >= 0.6 is 0 Å². The number of fused-ring (bicyclic) bond motifs is 4. The van der Waals surface area contributed by atoms with Gasteiger partial charge in [0.25, 0.3) is 5.91 Å². The van der Waals surface area contributed by atoms with Crippen LogP contribution in [0.1, 0.15) is 99.8 Å². The summed E-state index contributed by atoms with van der Waals surface area (Å²) in [4.78, 5) is 57.0. The van der Waals surface area contributed by atoms with E-state index in [-0.39, 0.29) is 69.3 Å². The van der Waals surface area contributed by atoms with Crippen molar-refractivity contribution >= 4 is 46.1 Å². The number of nitrogens with one attached hydrogen (secondary N) is 1. The molecular weight excluding hydrogens is 1180 g/mol. The van der Waals surface area contributed by atoms with Gasteiger partial charge in [0.2, 0.25) is 0 Å². The molecule has 0 unspecified atom stereocenters. The first-order valence-corrected chi connectivity index (χ1v) is 22.6. The second-order valence-electron chi connectivity index (χ2n) is 16.8. The van der Waals surface area contributed by atoms with Crippen LogP contribution in [0.25, 0.3) is 11.3 Å². The molecule has 32 heteroatoms. The van der Waals surface area contributed by atoms with Gasteiger partial charge < -0.3 is 26.4 Å². The van der Waals surface area contributed by atoms with Crippen LogP contribution in [0.4, 0.5) is 98.0 Å². The number of carboxylic acids is 1. The summed E-state index contributed by atoms with van der Waals surface area (Å²) in [6, 6.07) is 30.7. The average molecular weight is 1230 g/mol. The highest BCUT2D eigenvalue weighted by Crippen LogP contribution is 2.38. The van der Waals surface area contributed by atoms with E-state index in [2.05, 4.69) is 15.3 Å². The number of imidazole rings is 2. The zero-order valence-corrected chi connectivity index (χ0v) is 42.9. The number of benzene rings is 4. The summed E-state index contributed by atoms with van der Waals surface area (Å²) in [5, 5.41) is 32.0. The number of nitrogen functional groups attached to an aromatic ring is 1. The van der Waals surface area contributed by atoms with E-state index < -0.39 is 35.7 Å². The number of aryl methyl sites for hydroxylation is 2. The van der Waals surface area contributed by atoms with E-state index >= 15 is 0 Å². The molecule has 1 amide bonds. The molecule has 0 spiro atoms. The number of Topliss-reactive ketones (excluding diaryl/α,β-unsaturated/α-hetero) is 2. The van der Waals surface area contributed by atoms with E-state index in [4.69, 9.17) is 84.0 Å². The molecule has 4 aromatic heterocycles. The van der Waals surface area contributed by atoms with Crippen molar-refractivity contribution in [3.05, 3.63) is 202 Å². The van der Waals surface area contributed by atoms with E-state index in [1.165, 1.54) is 48.8 Å². The molecule has 4 atom stereocenters. The summed E-state index contributed by atoms with van der Waals surface area (Å²) in [6.07, 6.45) is 6.51. The first kappa shape index (κ1) is 77.0. The number of nitrogens with two attached hydrogens (primary N) is 1. The first-order chi connectivity index (χ1) is 40.1. The van der Waals surface area contributed by atoms with Gasteiger partial charge in [-0.15, -0.1) is 0 Å². The number of amides is 1. The third kappa shape index (κ3) is 20.7. The number of rotatable bonds is 9. The van der Waals surface area contributed by atoms with Gasteiger partial charge in [0.15, 0.2) is 17.3 Å². The van der Waals surface area contributed by atoms with Gasteiger partial charge >= 0.3 is 5.97 Å². The molecule has 460 valence electrons. The van der Waals surface area contributed by atoms with Gasteiger partial charge in [0.05, 0.1) is 36.0 Å². The Bertz CT molecular complexity index is 3250. The highest BCUT2D eigenvalue weighted by molar-refractivity contribution is 6.05. The van der Waals surface area contributed by atoms with Gasteiger partial charge in [-0.3, -0.25) is 27.9 Å². The Hall–Kier alpha value is -9.07. The number of ketones is 2. The summed E-state index contributed by atoms with van der Waals surface area (Å²) < 4.78 is 159. The fourth-order valence-electron chi connectivity index (χ4n) is 8.64. The van der Waals surface area contributed by atoms with Crippen LogP contribution in [-0.2, 0) is 12.8 Å². The van der Waals surface area contributed by atoms with Crippen LogP contribution in [0.15, 0.2) is 134 Å². The summed E-state index contributed by atoms with van der Waals surface area (Å²) in [7, 11) is 0. The summed E-state index contributed by atoms with van der Waals surface area (Å²) in [5.41, 5.74) is 13.8. The number of carboxylic acid groups (broad SMARTS) is 1. The maximum atomic E-state index is 14.5. The van der Waals surface area contributed by atoms with Gasteiger partial charge in [-0.2, -0.15) is 0 Å². The molecule has 0 aliphatic heterocycles. The number of nitrogens with zero attached hydrogens (tertiary/aromatic N) is 4. The molecule has 0 bridgehead atoms. The molecule has 0 fully saturated rings. The lowest BCUT2D eigenvalue weighted by Gasteiger charge is -2.15. The zero-order valence-electron chi connectivity index (χ0n) is 42.9. The Kier molecular flexibility index (Phi) is 37.6. The second kappa shape index (κ2) is 41.0. The SMILES string of the molecule is Cc1ccc2ncc(C(=O)Nc3cc(C(=O)C[C@@H]4c5ccccc5C[C@@H]4O)ccc3F)n2c1.Cc1ccc2ncc(C(=O)O)n2c1.F.FF.FF.FF.FF.FF.FF.FF.FF.Nc1cc(C(=O)C[C@@H]2c3ccccc3C[C@@H]2O)ccc1F. The maximum absolute atomic E-state index is 14.5. The van der Waals surface area contributed by atoms with Crippen molar-refractivity contribution in [2.45, 2.75) is 63.6 Å². The molecule has 10 rings (SSSR count). The number of aromatic nitrogens is 4. The smallest absolute Gasteiger partial charge is 0.354 e. The van der Waals surface area contributed by atoms with Crippen molar-refractivity contribution in [2.24, 2.45) is 0 Å². The number of aromatic carboxylic acids is 1. The minimum Gasteiger partial charge on any atom is -0.477 e. The number of carbonyl (C=O) groups excluding carboxylic acids is 3. The third-order valence-corrected chi connectivity index (χ3v) is 12.1. The van der Waals surface area contributed by atoms with Gasteiger partial charge in [-0.1, -0.05) is 60.7 Å². The van der Waals surface area contributed by atoms with Gasteiger partial charge in [0.1, 0.15) is 28.6 Å². The standard InChI is InChI=1S/C26H22FN3O3.C17H16FNO2.C9H8N2O2.8F2.FH/c1-15-6-9-25-28-13-22(30(25)14-15)26(33)29-21-10-17(7-8-20(21)27)23(31)12-19-18-5-3-2-4-16(18)11-24(19)32;18-14-6-5-11(7-15(14)19)16(20)9-13-12-4-2-1-3-10(12)8-17(13)21;1-6-2-3-8-10-4-7(9(12)13)11(8)5-6;8*1-2;/h2-10,13-14,19,24,32H,11-12H2,1H3,(H,29,33);1-7,13,17,21H,8-9,19H2;2-5H,1H3,(H,12,13);;;;;;;;;1H/t19-,24+;13-,17+;;;;;;;;;;/m11........../s1. The Morgan fingerprint density at radius 3 is 1.35 bits per heavy atom. The van der Waals surface area contributed by atoms with Gasteiger partial charge in [-0.25, -0.2) is 23.5 Å². The number of carbonyl (C=O) groups is 4. The monoisotopic (exact) mass is 1230 g/mol. The Balaban J connectivity index is 0. The lowest BCUT2D eigenvalue weighted by molar-refractivity contribution is 0.0688. The predicted octanol–water partition coefficient (Wildman–Crippen LogP) is 15.2. The number of pyridine rings is 2. The molecule has 0 saturated heterocycles. The van der Waals surface area contributed by atoms with Crippen LogP contribution < -0.4 is 11.1 Å². The van der Waals surface area contributed by atoms with Crippen LogP contribution in [0.2, 0.25) is 0 Å². The Morgan fingerprint density at radius 1 is 0.548 bits per heavy atom. The molecule has 2 aliphatic rings. The topological polar surface area (TPSA) is 202 Å². The molecule has 6 N–H and O–H groups in total. The predicted molar refractivity (Wildman–Crippen MR) is 268 cm³/mol. The molecule has 8 aromatic rings. The van der Waals surface area contributed by atoms with Crippen molar-refractivity contribution in [3.8, 4) is 0 Å². The summed E-state index contributed by atoms with van der Waals surface area (Å²) in [6.45, 7) is 3.81. The number of anilines is 2. The van der Waals surface area contributed by atoms with Crippen molar-refractivity contribution in [2.75, 3.05) is 11.1 Å². The number of hydrogen-bond acceptors (Lipinski definition) is 9. The Labute approximate surface area is 461 Å². The normalized spacial score (nSPS) is 14.0. The van der Waals surface area contributed by atoms with Gasteiger partial charge in [-0.05, 0) is 109 Å². The fraction of sp³-hybridized carbons (Fsp3) is 0.192. The molecule has 0 radical (unpaired) electrons. The summed E-state index contributed by atoms with van der Waals surface area (Å²) >= 11 is 0. The number of hydrogen-bond donors (Lipinski definition) is 5. The quantitative estimate of drug-likeness (QED) is 0.0526. The molecule has 0 saturated carbocycles. The number of aliphatic hydroxyl groups is 2. The minimum atomic E-state index is -0.960. The molecular formula is C52H47F19N6O7. The third-order valence-electron chi connectivity index (χ3n) is 12.1. The number of aliphatic hydroxyl groups excluding tert-OH is 2. The van der Waals surface area contributed by atoms with Crippen molar-refractivity contribution in [3.63, 3.8) is 0 Å². The van der Waals surface area contributed by atoms with Gasteiger partial charge in [0, 0.05) is 121 Å². The van der Waals surface area contributed by atoms with E-state index in [0.717, 1.165) is 33.4 Å². The first-order valence-electron chi connectivity index (χ1n) is 22.6. The highest BCUT2D eigenvalue weighted by Gasteiger charge is 2.34. The van der Waals surface area contributed by atoms with E-state index in [9.17, 15) is 38.2 Å². The Morgan fingerprint density at radius 2 is 0.929 bits per heavy atom. The molecule has 13 nitrogen and oxygen atoms in total. The van der Waals surface area contributed by atoms with E-state index in [0.29, 0.717) is 29.7 Å². The zero-order chi connectivity index (χ0) is 63.5. The molecule has 2 aliphatic carbocycles. The number of halogens is 19. The largest absolute Gasteiger partial charge is 0.477 e. The van der Waals surface area contributed by atoms with Crippen LogP contribution in [0, 0.1) is 25.5 Å². The van der Waals surface area contributed by atoms with Crippen LogP contribution in [0.5, 0.6) is 0 Å². The minimum absolute atomic E-state index is 0. The van der Waals surface area contributed by atoms with Crippen molar-refractivity contribution in [1.82, 2.24) is 18.8 Å². The lowest BCUT2D eigenvalue weighted by atomic mass is 9.91.